The van der Waals surface area contributed by atoms with Crippen LogP contribution in [-0.2, 0) is 25.4 Å². The summed E-state index contributed by atoms with van der Waals surface area (Å²) in [7, 11) is 0. The molecule has 3 fully saturated rings. The molecule has 1 aromatic rings. The number of aliphatic carboxylic acids is 1. The molecule has 0 radical (unpaired) electrons. The van der Waals surface area contributed by atoms with Gasteiger partial charge >= 0.3 is 12.1 Å². The van der Waals surface area contributed by atoms with E-state index in [2.05, 4.69) is 15.5 Å². The first-order chi connectivity index (χ1) is 15.1. The van der Waals surface area contributed by atoms with E-state index < -0.39 is 41.6 Å². The summed E-state index contributed by atoms with van der Waals surface area (Å²) in [6.07, 6.45) is -3.92. The van der Waals surface area contributed by atoms with E-state index in [1.807, 2.05) is 0 Å². The summed E-state index contributed by atoms with van der Waals surface area (Å²) < 4.78 is 38.2. The summed E-state index contributed by atoms with van der Waals surface area (Å²) in [5, 5.41) is 15.5. The van der Waals surface area contributed by atoms with Gasteiger partial charge in [0.1, 0.15) is 11.9 Å². The number of likely N-dealkylation sites (tertiary alicyclic amines) is 1. The Balaban J connectivity index is 1.26. The van der Waals surface area contributed by atoms with Gasteiger partial charge in [0.05, 0.1) is 28.3 Å². The quantitative estimate of drug-likeness (QED) is 0.627. The highest BCUT2D eigenvalue weighted by molar-refractivity contribution is 6.37. The number of fused-ring (bicyclic) bond motifs is 8. The molecule has 3 heterocycles. The first kappa shape index (κ1) is 21.0. The van der Waals surface area contributed by atoms with Gasteiger partial charge in [0.25, 0.3) is 0 Å². The van der Waals surface area contributed by atoms with E-state index in [9.17, 15) is 32.7 Å². The van der Waals surface area contributed by atoms with Gasteiger partial charge in [0, 0.05) is 25.2 Å². The smallest absolute Gasteiger partial charge is 0.417 e. The van der Waals surface area contributed by atoms with Gasteiger partial charge in [0.15, 0.2) is 5.71 Å². The van der Waals surface area contributed by atoms with E-state index in [0.717, 1.165) is 11.0 Å². The molecule has 2 saturated carbocycles. The molecule has 13 heteroatoms. The highest BCUT2D eigenvalue weighted by Gasteiger charge is 2.70. The van der Waals surface area contributed by atoms with Gasteiger partial charge in [-0.05, 0) is 18.4 Å². The van der Waals surface area contributed by atoms with Crippen LogP contribution in [0.1, 0.15) is 12.0 Å². The molecule has 0 spiro atoms. The number of carbonyl (C=O) groups is 3. The Morgan fingerprint density at radius 3 is 2.56 bits per heavy atom. The average molecular weight is 473 g/mol. The van der Waals surface area contributed by atoms with Crippen molar-refractivity contribution >= 4 is 40.9 Å². The Hall–Kier alpha value is -2.89. The van der Waals surface area contributed by atoms with Crippen LogP contribution in [0, 0.1) is 29.6 Å². The van der Waals surface area contributed by atoms with Crippen LogP contribution in [0.2, 0.25) is 5.02 Å². The Morgan fingerprint density at radius 2 is 1.94 bits per heavy atom. The lowest BCUT2D eigenvalue weighted by atomic mass is 9.72. The van der Waals surface area contributed by atoms with Crippen molar-refractivity contribution in [1.82, 2.24) is 9.88 Å². The summed E-state index contributed by atoms with van der Waals surface area (Å²) in [6, 6.07) is 0.742. The summed E-state index contributed by atoms with van der Waals surface area (Å²) in [6.45, 7) is 0.00867. The molecule has 2 N–H and O–H groups in total. The van der Waals surface area contributed by atoms with E-state index in [1.165, 1.54) is 0 Å². The molecule has 2 aliphatic carbocycles. The molecule has 2 bridgehead atoms. The van der Waals surface area contributed by atoms with Crippen molar-refractivity contribution in [3.05, 3.63) is 22.8 Å². The molecule has 0 aromatic carbocycles. The van der Waals surface area contributed by atoms with Gasteiger partial charge in [0.2, 0.25) is 11.8 Å². The van der Waals surface area contributed by atoms with Crippen LogP contribution in [-0.4, -0.2) is 57.7 Å². The van der Waals surface area contributed by atoms with Crippen LogP contribution in [0.4, 0.5) is 19.0 Å². The minimum atomic E-state index is -4.58. The number of rotatable bonds is 5. The topological polar surface area (TPSA) is 121 Å². The number of hydrogen-bond donors (Lipinski definition) is 2. The van der Waals surface area contributed by atoms with Crippen LogP contribution < -0.4 is 5.32 Å². The number of anilines is 1. The first-order valence-corrected chi connectivity index (χ1v) is 10.3. The molecular formula is C19H16ClF3N4O5. The molecular weight excluding hydrogens is 457 g/mol. The Kier molecular flexibility index (Phi) is 4.63. The predicted octanol–water partition coefficient (Wildman–Crippen LogP) is 1.87. The number of imide groups is 1. The standard InChI is InChI=1S/C19H16ClF3N4O5/c20-9-3-6(19(21,22)23)5-25-15(9)24-1-2-27-16(28)10-7-4-8(11(10)17(27)29)14-12(7)13(18(30)31)26-32-14/h3,5,7-8,10-12,14H,1-2,4H2,(H,24,25)(H,30,31)/t7-,8+,10+,11+,12-,14-/m1/s1. The van der Waals surface area contributed by atoms with Gasteiger partial charge in [-0.15, -0.1) is 0 Å². The van der Waals surface area contributed by atoms with Gasteiger partial charge in [-0.2, -0.15) is 13.2 Å². The average Bonchev–Trinajstić information content (AvgIpc) is 3.44. The second kappa shape index (κ2) is 7.06. The van der Waals surface area contributed by atoms with Gasteiger partial charge < -0.3 is 15.3 Å². The number of carboxylic acid groups (broad SMARTS) is 1. The van der Waals surface area contributed by atoms with Crippen molar-refractivity contribution in [3.8, 4) is 0 Å². The molecule has 5 rings (SSSR count). The second-order valence-electron chi connectivity index (χ2n) is 8.30. The van der Waals surface area contributed by atoms with Gasteiger partial charge in [-0.1, -0.05) is 16.8 Å². The maximum atomic E-state index is 13.0. The van der Waals surface area contributed by atoms with Crippen LogP contribution in [0.5, 0.6) is 0 Å². The Morgan fingerprint density at radius 1 is 1.25 bits per heavy atom. The number of carbonyl (C=O) groups excluding carboxylic acids is 2. The first-order valence-electron chi connectivity index (χ1n) is 9.88. The molecule has 32 heavy (non-hydrogen) atoms. The zero-order valence-corrected chi connectivity index (χ0v) is 16.9. The van der Waals surface area contributed by atoms with E-state index >= 15 is 0 Å². The lowest BCUT2D eigenvalue weighted by molar-refractivity contribution is -0.141. The second-order valence-corrected chi connectivity index (χ2v) is 8.71. The van der Waals surface area contributed by atoms with E-state index in [0.29, 0.717) is 12.6 Å². The summed E-state index contributed by atoms with van der Waals surface area (Å²) in [5.74, 6) is -4.24. The Bertz CT molecular complexity index is 1060. The zero-order chi connectivity index (χ0) is 22.9. The van der Waals surface area contributed by atoms with E-state index in [4.69, 9.17) is 16.4 Å². The molecule has 1 aromatic heterocycles. The van der Waals surface area contributed by atoms with Crippen LogP contribution in [0.3, 0.4) is 0 Å². The predicted molar refractivity (Wildman–Crippen MR) is 101 cm³/mol. The third kappa shape index (κ3) is 2.95. The molecule has 9 nitrogen and oxygen atoms in total. The minimum Gasteiger partial charge on any atom is -0.477 e. The Labute approximate surface area is 183 Å². The minimum absolute atomic E-state index is 0.00395. The number of carboxylic acids is 1. The fourth-order valence-electron chi connectivity index (χ4n) is 5.59. The van der Waals surface area contributed by atoms with Crippen molar-refractivity contribution in [2.75, 3.05) is 18.4 Å². The maximum absolute atomic E-state index is 13.0. The van der Waals surface area contributed by atoms with Crippen LogP contribution >= 0.6 is 11.6 Å². The van der Waals surface area contributed by atoms with Gasteiger partial charge in [-0.3, -0.25) is 14.5 Å². The van der Waals surface area contributed by atoms with E-state index in [-0.39, 0.29) is 53.3 Å². The fraction of sp³-hybridized carbons (Fsp3) is 0.526. The maximum Gasteiger partial charge on any atom is 0.417 e. The van der Waals surface area contributed by atoms with Crippen molar-refractivity contribution in [2.24, 2.45) is 34.7 Å². The number of alkyl halides is 3. The van der Waals surface area contributed by atoms with Crippen molar-refractivity contribution in [1.29, 1.82) is 0 Å². The molecule has 170 valence electrons. The fourth-order valence-corrected chi connectivity index (χ4v) is 5.83. The lowest BCUT2D eigenvalue weighted by Crippen LogP contribution is -2.42. The summed E-state index contributed by atoms with van der Waals surface area (Å²) in [5.41, 5.74) is -1.09. The number of amides is 2. The molecule has 4 aliphatic rings. The number of hydrogen-bond acceptors (Lipinski definition) is 7. The number of aromatic nitrogens is 1. The SMILES string of the molecule is O=C(O)C1=NO[C@@H]2[C@H]3C[C@@H]([C@H]12)[C@@H]1C(=O)N(CCNc2ncc(C(F)(F)F)cc2Cl)C(=O)[C@@H]31. The molecule has 6 atom stereocenters. The van der Waals surface area contributed by atoms with Crippen molar-refractivity contribution in [3.63, 3.8) is 0 Å². The van der Waals surface area contributed by atoms with Crippen molar-refractivity contribution in [2.45, 2.75) is 18.7 Å². The number of nitrogens with zero attached hydrogens (tertiary/aromatic N) is 3. The lowest BCUT2D eigenvalue weighted by Gasteiger charge is -2.29. The monoisotopic (exact) mass is 472 g/mol. The molecule has 0 unspecified atom stereocenters. The number of nitrogens with one attached hydrogen (secondary N) is 1. The summed E-state index contributed by atoms with van der Waals surface area (Å²) >= 11 is 5.86. The third-order valence-electron chi connectivity index (χ3n) is 6.80. The van der Waals surface area contributed by atoms with E-state index in [1.54, 1.807) is 0 Å². The highest BCUT2D eigenvalue weighted by Crippen LogP contribution is 2.61. The number of oxime groups is 1. The zero-order valence-electron chi connectivity index (χ0n) is 16.2. The number of pyridine rings is 1. The number of halogens is 4. The molecule has 2 aliphatic heterocycles. The van der Waals surface area contributed by atoms with Crippen LogP contribution in [0.15, 0.2) is 17.4 Å². The molecule has 1 saturated heterocycles. The molecule has 2 amide bonds. The normalized spacial score (nSPS) is 32.6. The van der Waals surface area contributed by atoms with Crippen LogP contribution in [0.25, 0.3) is 0 Å². The summed E-state index contributed by atoms with van der Waals surface area (Å²) in [4.78, 5) is 47.5. The largest absolute Gasteiger partial charge is 0.477 e. The highest BCUT2D eigenvalue weighted by atomic mass is 35.5. The third-order valence-corrected chi connectivity index (χ3v) is 7.09. The van der Waals surface area contributed by atoms with Crippen molar-refractivity contribution < 1.29 is 37.5 Å². The van der Waals surface area contributed by atoms with Gasteiger partial charge in [-0.25, -0.2) is 9.78 Å².